The lowest BCUT2D eigenvalue weighted by Crippen LogP contribution is -2.08. The number of phenolic OH excluding ortho intramolecular Hbond substituents is 1. The number of benzene rings is 2. The molecule has 0 spiro atoms. The van der Waals surface area contributed by atoms with E-state index < -0.39 is 6.04 Å². The van der Waals surface area contributed by atoms with Crippen LogP contribution in [-0.4, -0.2) is 5.11 Å². The normalized spacial score (nSPS) is 11.6. The van der Waals surface area contributed by atoms with Crippen molar-refractivity contribution in [1.82, 2.24) is 0 Å². The Morgan fingerprint density at radius 2 is 1.89 bits per heavy atom. The van der Waals surface area contributed by atoms with E-state index in [1.165, 1.54) is 24.3 Å². The fourth-order valence-electron chi connectivity index (χ4n) is 1.84. The van der Waals surface area contributed by atoms with Crippen LogP contribution in [0.5, 0.6) is 5.75 Å². The number of hydrogen-bond donors (Lipinski definition) is 2. The molecule has 96 valence electrons. The van der Waals surface area contributed by atoms with Gasteiger partial charge in [0.2, 0.25) is 0 Å². The van der Waals surface area contributed by atoms with Crippen LogP contribution in [0.3, 0.4) is 0 Å². The molecule has 0 aliphatic rings. The summed E-state index contributed by atoms with van der Waals surface area (Å²) in [5.74, 6) is -0.202. The zero-order valence-electron chi connectivity index (χ0n) is 10.4. The van der Waals surface area contributed by atoms with Crippen molar-refractivity contribution in [3.8, 4) is 11.8 Å². The van der Waals surface area contributed by atoms with Crippen molar-refractivity contribution < 1.29 is 9.50 Å². The largest absolute Gasteiger partial charge is 0.508 e. The van der Waals surface area contributed by atoms with Crippen LogP contribution < -0.4 is 5.32 Å². The van der Waals surface area contributed by atoms with Gasteiger partial charge in [-0.1, -0.05) is 12.1 Å². The molecule has 2 rings (SSSR count). The molecule has 2 aromatic carbocycles. The monoisotopic (exact) mass is 256 g/mol. The molecule has 0 bridgehead atoms. The van der Waals surface area contributed by atoms with Gasteiger partial charge in [0.1, 0.15) is 17.6 Å². The third-order valence-electron chi connectivity index (χ3n) is 2.71. The van der Waals surface area contributed by atoms with Crippen LogP contribution in [0.25, 0.3) is 0 Å². The molecule has 0 saturated carbocycles. The van der Waals surface area contributed by atoms with Gasteiger partial charge in [-0.3, -0.25) is 0 Å². The highest BCUT2D eigenvalue weighted by atomic mass is 19.1. The number of halogens is 1. The average molecular weight is 256 g/mol. The molecule has 2 aromatic rings. The summed E-state index contributed by atoms with van der Waals surface area (Å²) in [6.07, 6.45) is 0. The Balaban J connectivity index is 2.24. The van der Waals surface area contributed by atoms with E-state index in [9.17, 15) is 14.8 Å². The van der Waals surface area contributed by atoms with Crippen LogP contribution in [-0.2, 0) is 0 Å². The zero-order chi connectivity index (χ0) is 13.8. The highest BCUT2D eigenvalue weighted by molar-refractivity contribution is 5.50. The molecule has 2 N–H and O–H groups in total. The Morgan fingerprint density at radius 1 is 1.21 bits per heavy atom. The number of anilines is 1. The molecule has 3 nitrogen and oxygen atoms in total. The van der Waals surface area contributed by atoms with E-state index in [4.69, 9.17) is 0 Å². The third-order valence-corrected chi connectivity index (χ3v) is 2.71. The van der Waals surface area contributed by atoms with Gasteiger partial charge in [-0.2, -0.15) is 5.26 Å². The summed E-state index contributed by atoms with van der Waals surface area (Å²) in [6, 6.07) is 12.4. The fraction of sp³-hybridized carbons (Fsp3) is 0.133. The van der Waals surface area contributed by atoms with Crippen LogP contribution in [0, 0.1) is 24.1 Å². The van der Waals surface area contributed by atoms with E-state index in [1.807, 2.05) is 0 Å². The summed E-state index contributed by atoms with van der Waals surface area (Å²) in [6.45, 7) is 1.79. The summed E-state index contributed by atoms with van der Waals surface area (Å²) in [5.41, 5.74) is 2.05. The highest BCUT2D eigenvalue weighted by Crippen LogP contribution is 2.22. The van der Waals surface area contributed by atoms with Crippen LogP contribution >= 0.6 is 0 Å². The zero-order valence-corrected chi connectivity index (χ0v) is 10.4. The molecule has 19 heavy (non-hydrogen) atoms. The molecular formula is C15H13FN2O. The number of aryl methyl sites for hydroxylation is 1. The van der Waals surface area contributed by atoms with Crippen LogP contribution in [0.2, 0.25) is 0 Å². The van der Waals surface area contributed by atoms with Gasteiger partial charge in [0, 0.05) is 5.69 Å². The van der Waals surface area contributed by atoms with Gasteiger partial charge >= 0.3 is 0 Å². The lowest BCUT2D eigenvalue weighted by Gasteiger charge is -2.14. The lowest BCUT2D eigenvalue weighted by molar-refractivity contribution is 0.475. The lowest BCUT2D eigenvalue weighted by atomic mass is 10.1. The molecule has 0 radical (unpaired) electrons. The maximum Gasteiger partial charge on any atom is 0.140 e. The van der Waals surface area contributed by atoms with Crippen molar-refractivity contribution in [3.63, 3.8) is 0 Å². The second-order valence-electron chi connectivity index (χ2n) is 4.32. The van der Waals surface area contributed by atoms with E-state index in [0.717, 1.165) is 5.56 Å². The quantitative estimate of drug-likeness (QED) is 0.883. The summed E-state index contributed by atoms with van der Waals surface area (Å²) in [7, 11) is 0. The number of phenols is 1. The number of nitrogens with zero attached hydrogens (tertiary/aromatic N) is 1. The first-order valence-corrected chi connectivity index (χ1v) is 5.81. The summed E-state index contributed by atoms with van der Waals surface area (Å²) in [5, 5.41) is 21.4. The predicted molar refractivity (Wildman–Crippen MR) is 71.2 cm³/mol. The molecule has 0 fully saturated rings. The van der Waals surface area contributed by atoms with Gasteiger partial charge in [-0.15, -0.1) is 0 Å². The van der Waals surface area contributed by atoms with Gasteiger partial charge < -0.3 is 10.4 Å². The summed E-state index contributed by atoms with van der Waals surface area (Å²) in [4.78, 5) is 0. The van der Waals surface area contributed by atoms with Crippen molar-refractivity contribution in [2.24, 2.45) is 0 Å². The Labute approximate surface area is 110 Å². The number of nitriles is 1. The minimum atomic E-state index is -0.596. The van der Waals surface area contributed by atoms with E-state index in [2.05, 4.69) is 11.4 Å². The van der Waals surface area contributed by atoms with Crippen molar-refractivity contribution in [2.45, 2.75) is 13.0 Å². The molecule has 0 heterocycles. The molecule has 0 aromatic heterocycles. The van der Waals surface area contributed by atoms with Gasteiger partial charge in [-0.25, -0.2) is 4.39 Å². The standard InChI is InChI=1S/C15H13FN2O/c1-10-6-12(16)8-13(7-10)18-15(9-17)11-2-4-14(19)5-3-11/h2-8,15,18-19H,1H3. The second-order valence-corrected chi connectivity index (χ2v) is 4.32. The van der Waals surface area contributed by atoms with Gasteiger partial charge in [0.15, 0.2) is 0 Å². The first-order valence-electron chi connectivity index (χ1n) is 5.81. The molecular weight excluding hydrogens is 243 g/mol. The molecule has 0 aliphatic carbocycles. The Hall–Kier alpha value is -2.54. The maximum atomic E-state index is 13.3. The van der Waals surface area contributed by atoms with E-state index in [1.54, 1.807) is 25.1 Å². The fourth-order valence-corrected chi connectivity index (χ4v) is 1.84. The average Bonchev–Trinajstić information content (AvgIpc) is 2.36. The van der Waals surface area contributed by atoms with Gasteiger partial charge in [-0.05, 0) is 48.4 Å². The van der Waals surface area contributed by atoms with Crippen LogP contribution in [0.1, 0.15) is 17.2 Å². The van der Waals surface area contributed by atoms with Crippen molar-refractivity contribution in [3.05, 3.63) is 59.4 Å². The molecule has 1 unspecified atom stereocenters. The predicted octanol–water partition coefficient (Wildman–Crippen LogP) is 3.52. The van der Waals surface area contributed by atoms with Crippen LogP contribution in [0.4, 0.5) is 10.1 Å². The number of rotatable bonds is 3. The first kappa shape index (κ1) is 12.9. The van der Waals surface area contributed by atoms with Crippen molar-refractivity contribution in [1.29, 1.82) is 5.26 Å². The van der Waals surface area contributed by atoms with Crippen molar-refractivity contribution in [2.75, 3.05) is 5.32 Å². The minimum Gasteiger partial charge on any atom is -0.508 e. The second kappa shape index (κ2) is 5.40. The number of hydrogen-bond acceptors (Lipinski definition) is 3. The molecule has 0 aliphatic heterocycles. The minimum absolute atomic E-state index is 0.141. The first-order chi connectivity index (χ1) is 9.08. The van der Waals surface area contributed by atoms with Crippen LogP contribution in [0.15, 0.2) is 42.5 Å². The van der Waals surface area contributed by atoms with Gasteiger partial charge in [0.05, 0.1) is 6.07 Å². The SMILES string of the molecule is Cc1cc(F)cc(NC(C#N)c2ccc(O)cc2)c1. The summed E-state index contributed by atoms with van der Waals surface area (Å²) >= 11 is 0. The third kappa shape index (κ3) is 3.23. The van der Waals surface area contributed by atoms with E-state index >= 15 is 0 Å². The maximum absolute atomic E-state index is 13.3. The van der Waals surface area contributed by atoms with Crippen molar-refractivity contribution >= 4 is 5.69 Å². The molecule has 0 saturated heterocycles. The highest BCUT2D eigenvalue weighted by Gasteiger charge is 2.10. The summed E-state index contributed by atoms with van der Waals surface area (Å²) < 4.78 is 13.3. The van der Waals surface area contributed by atoms with E-state index in [-0.39, 0.29) is 11.6 Å². The number of aromatic hydroxyl groups is 1. The Morgan fingerprint density at radius 3 is 2.47 bits per heavy atom. The number of nitrogens with one attached hydrogen (secondary N) is 1. The molecule has 4 heteroatoms. The molecule has 1 atom stereocenters. The van der Waals surface area contributed by atoms with Gasteiger partial charge in [0.25, 0.3) is 0 Å². The van der Waals surface area contributed by atoms with E-state index in [0.29, 0.717) is 11.3 Å². The molecule has 0 amide bonds. The smallest absolute Gasteiger partial charge is 0.140 e. The Kier molecular flexibility index (Phi) is 3.67. The Bertz CT molecular complexity index is 597. The topological polar surface area (TPSA) is 56.0 Å².